The zero-order chi connectivity index (χ0) is 8.27. The van der Waals surface area contributed by atoms with Crippen LogP contribution < -0.4 is 0 Å². The molecule has 0 aliphatic heterocycles. The van der Waals surface area contributed by atoms with Crippen LogP contribution in [0.2, 0.25) is 0 Å². The minimum Gasteiger partial charge on any atom is -0.376 e. The fourth-order valence-electron chi connectivity index (χ4n) is 1.48. The molecule has 0 amide bonds. The third-order valence-corrected chi connectivity index (χ3v) is 2.04. The summed E-state index contributed by atoms with van der Waals surface area (Å²) in [6.07, 6.45) is 5.16. The van der Waals surface area contributed by atoms with Crippen molar-refractivity contribution in [3.63, 3.8) is 0 Å². The molecule has 1 heteroatoms. The predicted octanol–water partition coefficient (Wildman–Crippen LogP) is 2.71. The van der Waals surface area contributed by atoms with Gasteiger partial charge in [0.15, 0.2) is 0 Å². The van der Waals surface area contributed by atoms with Crippen molar-refractivity contribution < 1.29 is 4.74 Å². The molecule has 0 unspecified atom stereocenters. The molecular weight excluding hydrogens is 136 g/mol. The van der Waals surface area contributed by atoms with Crippen molar-refractivity contribution >= 4 is 0 Å². The second kappa shape index (κ2) is 3.91. The van der Waals surface area contributed by atoms with Gasteiger partial charge < -0.3 is 4.74 Å². The van der Waals surface area contributed by atoms with E-state index >= 15 is 0 Å². The van der Waals surface area contributed by atoms with Crippen LogP contribution >= 0.6 is 0 Å². The van der Waals surface area contributed by atoms with Crippen molar-refractivity contribution in [1.82, 2.24) is 0 Å². The minimum absolute atomic E-state index is 0.360. The molecule has 0 aromatic heterocycles. The first-order valence-corrected chi connectivity index (χ1v) is 4.44. The van der Waals surface area contributed by atoms with Crippen molar-refractivity contribution in [2.45, 2.75) is 51.7 Å². The molecule has 0 N–H and O–H groups in total. The summed E-state index contributed by atoms with van der Waals surface area (Å²) in [7, 11) is 0. The molecule has 0 bridgehead atoms. The lowest BCUT2D eigenvalue weighted by atomic mass is 9.94. The van der Waals surface area contributed by atoms with Crippen molar-refractivity contribution in [1.29, 1.82) is 0 Å². The number of allylic oxidation sites excluding steroid dienone is 1. The lowest BCUT2D eigenvalue weighted by molar-refractivity contribution is -0.00620. The van der Waals surface area contributed by atoms with Gasteiger partial charge in [-0.25, -0.2) is 0 Å². The van der Waals surface area contributed by atoms with Gasteiger partial charge in [-0.1, -0.05) is 12.2 Å². The Morgan fingerprint density at radius 3 is 2.36 bits per heavy atom. The number of hydrogen-bond acceptors (Lipinski definition) is 1. The van der Waals surface area contributed by atoms with Gasteiger partial charge in [-0.05, 0) is 39.5 Å². The van der Waals surface area contributed by atoms with E-state index in [0.717, 1.165) is 31.3 Å². The summed E-state index contributed by atoms with van der Waals surface area (Å²) in [6.45, 7) is 9.86. The van der Waals surface area contributed by atoms with Crippen LogP contribution in [-0.2, 0) is 4.74 Å². The normalized spacial score (nSPS) is 26.1. The van der Waals surface area contributed by atoms with E-state index in [1.54, 1.807) is 0 Å². The Morgan fingerprint density at radius 1 is 1.36 bits per heavy atom. The Morgan fingerprint density at radius 2 is 1.91 bits per heavy atom. The average Bonchev–Trinajstić information content (AvgIpc) is 1.93. The number of rotatable bonds is 2. The second-order valence-corrected chi connectivity index (χ2v) is 3.54. The molecule has 11 heavy (non-hydrogen) atoms. The van der Waals surface area contributed by atoms with E-state index in [1.165, 1.54) is 0 Å². The maximum absolute atomic E-state index is 5.69. The molecule has 1 fully saturated rings. The second-order valence-electron chi connectivity index (χ2n) is 3.54. The molecule has 1 aliphatic rings. The van der Waals surface area contributed by atoms with Gasteiger partial charge in [0, 0.05) is 0 Å². The largest absolute Gasteiger partial charge is 0.376 e. The Balaban J connectivity index is 2.22. The Kier molecular flexibility index (Phi) is 3.13. The lowest BCUT2D eigenvalue weighted by Crippen LogP contribution is -2.21. The van der Waals surface area contributed by atoms with Crippen LogP contribution in [0.25, 0.3) is 0 Å². The fraction of sp³-hybridized carbons (Fsp3) is 0.800. The van der Waals surface area contributed by atoms with Crippen LogP contribution in [0.15, 0.2) is 5.57 Å². The molecule has 1 saturated carbocycles. The predicted molar refractivity (Wildman–Crippen MR) is 46.3 cm³/mol. The fourth-order valence-corrected chi connectivity index (χ4v) is 1.48. The van der Waals surface area contributed by atoms with Crippen LogP contribution in [0.4, 0.5) is 0 Å². The lowest BCUT2D eigenvalue weighted by Gasteiger charge is -2.25. The van der Waals surface area contributed by atoms with E-state index in [1.807, 2.05) is 0 Å². The first kappa shape index (κ1) is 8.79. The molecule has 0 heterocycles. The minimum atomic E-state index is 0.360. The molecule has 0 spiro atoms. The first-order valence-electron chi connectivity index (χ1n) is 4.44. The highest BCUT2D eigenvalue weighted by Crippen LogP contribution is 2.24. The summed E-state index contributed by atoms with van der Waals surface area (Å²) in [5, 5.41) is 0. The molecule has 0 atom stereocenters. The quantitative estimate of drug-likeness (QED) is 0.592. The molecule has 63 valence electrons. The van der Waals surface area contributed by atoms with E-state index in [-0.39, 0.29) is 0 Å². The van der Waals surface area contributed by atoms with E-state index < -0.39 is 0 Å². The zero-order valence-electron chi connectivity index (χ0n) is 7.47. The van der Waals surface area contributed by atoms with Gasteiger partial charge in [0.05, 0.1) is 12.2 Å². The maximum atomic E-state index is 5.69. The summed E-state index contributed by atoms with van der Waals surface area (Å²) >= 11 is 0. The van der Waals surface area contributed by atoms with E-state index in [4.69, 9.17) is 11.3 Å². The molecule has 1 nitrogen and oxygen atoms in total. The van der Waals surface area contributed by atoms with Gasteiger partial charge in [-0.15, -0.1) is 0 Å². The van der Waals surface area contributed by atoms with Crippen LogP contribution in [0.1, 0.15) is 39.5 Å². The third-order valence-electron chi connectivity index (χ3n) is 2.04. The maximum Gasteiger partial charge on any atom is 0.0584 e. The van der Waals surface area contributed by atoms with Gasteiger partial charge in [0.2, 0.25) is 0 Å². The van der Waals surface area contributed by atoms with Gasteiger partial charge >= 0.3 is 0 Å². The number of ether oxygens (including phenoxy) is 1. The van der Waals surface area contributed by atoms with Gasteiger partial charge in [-0.3, -0.25) is 0 Å². The highest BCUT2D eigenvalue weighted by Gasteiger charge is 2.16. The summed E-state index contributed by atoms with van der Waals surface area (Å²) in [5.74, 6) is 0. The van der Waals surface area contributed by atoms with E-state index in [2.05, 4.69) is 13.8 Å². The van der Waals surface area contributed by atoms with Crippen molar-refractivity contribution in [2.75, 3.05) is 0 Å². The first-order chi connectivity index (χ1) is 5.18. The standard InChI is InChI=1S/C10H17O/c1-8(2)11-10-6-4-9(3)5-7-10/h3,8,10H,4-7H2,1-2H3. The highest BCUT2D eigenvalue weighted by atomic mass is 16.5. The molecule has 0 aromatic rings. The Bertz CT molecular complexity index is 128. The highest BCUT2D eigenvalue weighted by molar-refractivity contribution is 4.96. The molecule has 1 radical (unpaired) electrons. The monoisotopic (exact) mass is 153 g/mol. The summed E-state index contributed by atoms with van der Waals surface area (Å²) < 4.78 is 5.67. The summed E-state index contributed by atoms with van der Waals surface area (Å²) in [4.78, 5) is 0. The Labute approximate surface area is 69.4 Å². The molecule has 1 rings (SSSR count). The van der Waals surface area contributed by atoms with Gasteiger partial charge in [-0.2, -0.15) is 0 Å². The summed E-state index contributed by atoms with van der Waals surface area (Å²) in [5.41, 5.74) is 1.15. The SMILES string of the molecule is [CH]=C1CCC(OC(C)C)CC1. The molecular formula is C10H17O. The summed E-state index contributed by atoms with van der Waals surface area (Å²) in [6, 6.07) is 0. The van der Waals surface area contributed by atoms with Crippen LogP contribution in [0, 0.1) is 6.58 Å². The topological polar surface area (TPSA) is 9.23 Å². The molecule has 0 saturated heterocycles. The van der Waals surface area contributed by atoms with Crippen LogP contribution in [-0.4, -0.2) is 12.2 Å². The van der Waals surface area contributed by atoms with Crippen LogP contribution in [0.5, 0.6) is 0 Å². The molecule has 0 aromatic carbocycles. The smallest absolute Gasteiger partial charge is 0.0584 e. The Hall–Kier alpha value is -0.300. The van der Waals surface area contributed by atoms with Crippen molar-refractivity contribution in [3.05, 3.63) is 12.2 Å². The van der Waals surface area contributed by atoms with Gasteiger partial charge in [0.25, 0.3) is 0 Å². The van der Waals surface area contributed by atoms with Gasteiger partial charge in [0.1, 0.15) is 0 Å². The van der Waals surface area contributed by atoms with E-state index in [9.17, 15) is 0 Å². The van der Waals surface area contributed by atoms with Crippen molar-refractivity contribution in [3.8, 4) is 0 Å². The third kappa shape index (κ3) is 3.06. The zero-order valence-corrected chi connectivity index (χ0v) is 7.47. The molecule has 1 aliphatic carbocycles. The number of hydrogen-bond donors (Lipinski definition) is 0. The van der Waals surface area contributed by atoms with Crippen LogP contribution in [0.3, 0.4) is 0 Å². The average molecular weight is 153 g/mol. The van der Waals surface area contributed by atoms with E-state index in [0.29, 0.717) is 12.2 Å². The van der Waals surface area contributed by atoms with Crippen molar-refractivity contribution in [2.24, 2.45) is 0 Å².